The molecule has 0 saturated carbocycles. The van der Waals surface area contributed by atoms with Crippen LogP contribution in [-0.4, -0.2) is 29.0 Å². The summed E-state index contributed by atoms with van der Waals surface area (Å²) in [5.74, 6) is 0. The van der Waals surface area contributed by atoms with Crippen LogP contribution in [0.2, 0.25) is 0 Å². The molecule has 1 aromatic carbocycles. The van der Waals surface area contributed by atoms with E-state index in [2.05, 4.69) is 59.4 Å². The van der Waals surface area contributed by atoms with Crippen molar-refractivity contribution in [2.24, 2.45) is 0 Å². The molecule has 1 saturated heterocycles. The van der Waals surface area contributed by atoms with Crippen molar-refractivity contribution >= 4 is 11.3 Å². The summed E-state index contributed by atoms with van der Waals surface area (Å²) < 4.78 is 0. The SMILES string of the molecule is CCC1CNC(c2ccccc2)CN1Cc1scnc1C. The molecule has 1 aliphatic rings. The summed E-state index contributed by atoms with van der Waals surface area (Å²) in [4.78, 5) is 8.41. The van der Waals surface area contributed by atoms with Crippen molar-refractivity contribution in [3.8, 4) is 0 Å². The van der Waals surface area contributed by atoms with Gasteiger partial charge in [-0.15, -0.1) is 11.3 Å². The molecule has 21 heavy (non-hydrogen) atoms. The molecule has 1 aromatic heterocycles. The second-order valence-corrected chi connectivity index (χ2v) is 6.66. The standard InChI is InChI=1S/C17H23N3S/c1-3-15-9-18-16(14-7-5-4-6-8-14)10-20(15)11-17-13(2)19-12-21-17/h4-8,12,15-16,18H,3,9-11H2,1-2H3. The summed E-state index contributed by atoms with van der Waals surface area (Å²) in [6, 6.07) is 11.8. The van der Waals surface area contributed by atoms with E-state index in [1.54, 1.807) is 11.3 Å². The number of hydrogen-bond acceptors (Lipinski definition) is 4. The Morgan fingerprint density at radius 3 is 2.81 bits per heavy atom. The lowest BCUT2D eigenvalue weighted by atomic mass is 10.0. The quantitative estimate of drug-likeness (QED) is 0.938. The first-order valence-electron chi connectivity index (χ1n) is 7.69. The lowest BCUT2D eigenvalue weighted by molar-refractivity contribution is 0.120. The monoisotopic (exact) mass is 301 g/mol. The van der Waals surface area contributed by atoms with Crippen LogP contribution in [0, 0.1) is 6.92 Å². The second-order valence-electron chi connectivity index (χ2n) is 5.72. The highest BCUT2D eigenvalue weighted by atomic mass is 32.1. The molecule has 2 aromatic rings. The van der Waals surface area contributed by atoms with E-state index in [1.165, 1.54) is 22.6 Å². The summed E-state index contributed by atoms with van der Waals surface area (Å²) in [5.41, 5.74) is 4.53. The van der Waals surface area contributed by atoms with Gasteiger partial charge >= 0.3 is 0 Å². The highest BCUT2D eigenvalue weighted by Crippen LogP contribution is 2.24. The number of benzene rings is 1. The molecule has 0 radical (unpaired) electrons. The van der Waals surface area contributed by atoms with Gasteiger partial charge in [-0.3, -0.25) is 4.90 Å². The molecule has 1 aliphatic heterocycles. The van der Waals surface area contributed by atoms with Crippen molar-refractivity contribution in [3.05, 3.63) is 52.0 Å². The number of aryl methyl sites for hydroxylation is 1. The van der Waals surface area contributed by atoms with Crippen LogP contribution < -0.4 is 5.32 Å². The molecule has 112 valence electrons. The molecule has 0 bridgehead atoms. The van der Waals surface area contributed by atoms with Crippen molar-refractivity contribution in [2.75, 3.05) is 13.1 Å². The molecule has 2 atom stereocenters. The largest absolute Gasteiger partial charge is 0.307 e. The van der Waals surface area contributed by atoms with Crippen molar-refractivity contribution in [2.45, 2.75) is 38.9 Å². The van der Waals surface area contributed by atoms with Crippen LogP contribution in [0.4, 0.5) is 0 Å². The lowest BCUT2D eigenvalue weighted by Gasteiger charge is -2.40. The Hall–Kier alpha value is -1.23. The van der Waals surface area contributed by atoms with Gasteiger partial charge in [0.05, 0.1) is 11.2 Å². The summed E-state index contributed by atoms with van der Waals surface area (Å²) in [6.07, 6.45) is 1.19. The zero-order valence-corrected chi connectivity index (χ0v) is 13.6. The summed E-state index contributed by atoms with van der Waals surface area (Å²) in [6.45, 7) is 7.55. The first-order chi connectivity index (χ1) is 10.3. The maximum atomic E-state index is 4.39. The second kappa shape index (κ2) is 6.69. The highest BCUT2D eigenvalue weighted by molar-refractivity contribution is 7.09. The van der Waals surface area contributed by atoms with Crippen LogP contribution in [0.1, 0.15) is 35.5 Å². The molecular weight excluding hydrogens is 278 g/mol. The summed E-state index contributed by atoms with van der Waals surface area (Å²) >= 11 is 1.78. The van der Waals surface area contributed by atoms with Crippen LogP contribution in [-0.2, 0) is 6.54 Å². The van der Waals surface area contributed by atoms with Gasteiger partial charge < -0.3 is 5.32 Å². The molecule has 2 heterocycles. The third-order valence-corrected chi connectivity index (χ3v) is 5.32. The van der Waals surface area contributed by atoms with Gasteiger partial charge in [0.25, 0.3) is 0 Å². The Morgan fingerprint density at radius 2 is 2.14 bits per heavy atom. The number of rotatable bonds is 4. The van der Waals surface area contributed by atoms with E-state index in [9.17, 15) is 0 Å². The van der Waals surface area contributed by atoms with E-state index < -0.39 is 0 Å². The Morgan fingerprint density at radius 1 is 1.33 bits per heavy atom. The Bertz CT molecular complexity index is 566. The van der Waals surface area contributed by atoms with Gasteiger partial charge in [-0.2, -0.15) is 0 Å². The van der Waals surface area contributed by atoms with Gasteiger partial charge in [0.2, 0.25) is 0 Å². The minimum atomic E-state index is 0.433. The molecule has 2 unspecified atom stereocenters. The fourth-order valence-electron chi connectivity index (χ4n) is 3.02. The van der Waals surface area contributed by atoms with Crippen LogP contribution in [0.25, 0.3) is 0 Å². The van der Waals surface area contributed by atoms with Gasteiger partial charge in [0.1, 0.15) is 0 Å². The third-order valence-electron chi connectivity index (χ3n) is 4.40. The fourth-order valence-corrected chi connectivity index (χ4v) is 3.82. The van der Waals surface area contributed by atoms with Gasteiger partial charge in [-0.05, 0) is 18.9 Å². The minimum Gasteiger partial charge on any atom is -0.307 e. The first kappa shape index (κ1) is 14.7. The smallest absolute Gasteiger partial charge is 0.0798 e. The van der Waals surface area contributed by atoms with Crippen LogP contribution in [0.15, 0.2) is 35.8 Å². The van der Waals surface area contributed by atoms with Crippen LogP contribution in [0.5, 0.6) is 0 Å². The summed E-state index contributed by atoms with van der Waals surface area (Å²) in [5, 5.41) is 3.71. The van der Waals surface area contributed by atoms with E-state index in [0.29, 0.717) is 12.1 Å². The van der Waals surface area contributed by atoms with Crippen LogP contribution >= 0.6 is 11.3 Å². The van der Waals surface area contributed by atoms with E-state index in [1.807, 2.05) is 5.51 Å². The zero-order valence-electron chi connectivity index (χ0n) is 12.7. The number of aromatic nitrogens is 1. The maximum absolute atomic E-state index is 4.39. The molecule has 0 aliphatic carbocycles. The number of piperazine rings is 1. The predicted octanol–water partition coefficient (Wildman–Crippen LogP) is 3.38. The molecule has 0 amide bonds. The van der Waals surface area contributed by atoms with E-state index >= 15 is 0 Å². The minimum absolute atomic E-state index is 0.433. The molecular formula is C17H23N3S. The average molecular weight is 301 g/mol. The molecule has 4 heteroatoms. The topological polar surface area (TPSA) is 28.2 Å². The van der Waals surface area contributed by atoms with Gasteiger partial charge in [-0.25, -0.2) is 4.98 Å². The molecule has 1 fully saturated rings. The number of nitrogens with one attached hydrogen (secondary N) is 1. The number of hydrogen-bond donors (Lipinski definition) is 1. The molecule has 3 rings (SSSR count). The third kappa shape index (κ3) is 3.34. The van der Waals surface area contributed by atoms with E-state index in [4.69, 9.17) is 0 Å². The number of nitrogens with zero attached hydrogens (tertiary/aromatic N) is 2. The molecule has 1 N–H and O–H groups in total. The van der Waals surface area contributed by atoms with Crippen molar-refractivity contribution in [1.29, 1.82) is 0 Å². The maximum Gasteiger partial charge on any atom is 0.0798 e. The first-order valence-corrected chi connectivity index (χ1v) is 8.57. The van der Waals surface area contributed by atoms with Crippen molar-refractivity contribution in [1.82, 2.24) is 15.2 Å². The Balaban J connectivity index is 1.74. The van der Waals surface area contributed by atoms with Crippen molar-refractivity contribution in [3.63, 3.8) is 0 Å². The molecule has 0 spiro atoms. The molecule has 3 nitrogen and oxygen atoms in total. The Labute approximate surface area is 131 Å². The van der Waals surface area contributed by atoms with E-state index in [-0.39, 0.29) is 0 Å². The average Bonchev–Trinajstić information content (AvgIpc) is 2.93. The van der Waals surface area contributed by atoms with E-state index in [0.717, 1.165) is 19.6 Å². The number of thiazole rings is 1. The van der Waals surface area contributed by atoms with Gasteiger partial charge in [0, 0.05) is 36.6 Å². The van der Waals surface area contributed by atoms with Crippen molar-refractivity contribution < 1.29 is 0 Å². The lowest BCUT2D eigenvalue weighted by Crippen LogP contribution is -2.51. The normalized spacial score (nSPS) is 23.3. The fraction of sp³-hybridized carbons (Fsp3) is 0.471. The van der Waals surface area contributed by atoms with Crippen LogP contribution in [0.3, 0.4) is 0 Å². The zero-order chi connectivity index (χ0) is 14.7. The Kier molecular flexibility index (Phi) is 4.68. The van der Waals surface area contributed by atoms with Gasteiger partial charge in [0.15, 0.2) is 0 Å². The predicted molar refractivity (Wildman–Crippen MR) is 88.5 cm³/mol. The summed E-state index contributed by atoms with van der Waals surface area (Å²) in [7, 11) is 0. The van der Waals surface area contributed by atoms with Gasteiger partial charge in [-0.1, -0.05) is 37.3 Å². The highest BCUT2D eigenvalue weighted by Gasteiger charge is 2.28.